The molecule has 4 aliphatic rings. The molecular weight excluding hydrogens is 1530 g/mol. The van der Waals surface area contributed by atoms with E-state index in [4.69, 9.17) is 0 Å². The van der Waals surface area contributed by atoms with Gasteiger partial charge in [-0.2, -0.15) is 0 Å². The quantitative estimate of drug-likeness (QED) is 0.0949. The minimum atomic E-state index is -0.344. The number of rotatable bonds is 15. The fraction of sp³-hybridized carbons (Fsp3) is 0. The molecule has 0 aliphatic carbocycles. The number of anilines is 12. The van der Waals surface area contributed by atoms with Crippen LogP contribution in [0.25, 0.3) is 77.9 Å². The van der Waals surface area contributed by atoms with Gasteiger partial charge in [-0.05, 0) is 0 Å². The van der Waals surface area contributed by atoms with E-state index in [1.165, 1.54) is 95.4 Å². The summed E-state index contributed by atoms with van der Waals surface area (Å²) in [5.41, 5.74) is 38.2. The summed E-state index contributed by atoms with van der Waals surface area (Å²) in [6.07, 6.45) is 0. The Kier molecular flexibility index (Phi) is 17.5. The van der Waals surface area contributed by atoms with Crippen LogP contribution in [0.5, 0.6) is 0 Å². The molecule has 542 valence electrons. The summed E-state index contributed by atoms with van der Waals surface area (Å²) < 4.78 is 5.56. The molecule has 116 heavy (non-hydrogen) atoms. The number of nitrogens with zero attached hydrogens (tertiary/aromatic N) is 4. The van der Waals surface area contributed by atoms with E-state index in [2.05, 4.69) is 456 Å². The predicted molar refractivity (Wildman–Crippen MR) is 495 cm³/mol. The Morgan fingerprint density at radius 1 is 0.198 bits per heavy atom. The first kappa shape index (κ1) is 69.1. The SMILES string of the molecule is c1ccc(-c2cccc(-c3ccccc3)c2-c2c3c(cc4c2[Se]c2cc(N(c5ccccc5)c5ccccc5)cc5c2B4c2ccccc2N5c2c(-c4ccccc4)cccc2-c2ccccc2)B2c4ccccc4N(c4c(-c5ccccc5)cccc4-c4ccccc4)c4cc(N(c5ccccc5)c5ccccc5)cc(c42)[Se]3)cc1. The third kappa shape index (κ3) is 11.7. The van der Waals surface area contributed by atoms with Crippen LogP contribution < -0.4 is 70.2 Å². The predicted octanol–water partition coefficient (Wildman–Crippen LogP) is 20.8. The first-order valence-corrected chi connectivity index (χ1v) is 43.3. The molecule has 0 N–H and O–H groups in total. The van der Waals surface area contributed by atoms with Gasteiger partial charge < -0.3 is 0 Å². The van der Waals surface area contributed by atoms with E-state index in [0.29, 0.717) is 0 Å². The van der Waals surface area contributed by atoms with Gasteiger partial charge in [-0.15, -0.1) is 0 Å². The standard InChI is InChI=1S/C108H72B2N4Se2/c1-11-38-73(39-12-1)85-58-35-59-86(74-40-13-2-14-41-74)101(85)102-107-93(109-91-64-31-33-66-95(91)113(105-87(75-42-15-3-16-43-75)60-36-61-88(105)76-44-17-4-18-45-76)97-68-83(70-99(115-107)103(97)109)111(79-50-23-7-24-51-79)80-52-25-8-26-53-80)72-94-108(102)116-100-71-84(112(81-54-27-9-28-55-81)82-56-29-10-30-57-82)69-98-104(100)110(94)92-65-32-34-67-96(92)114(98)106-89(77-46-19-5-20-47-77)62-37-63-90(106)78-48-21-6-22-49-78/h1-72H. The normalized spacial score (nSPS) is 12.5. The Morgan fingerprint density at radius 2 is 0.457 bits per heavy atom. The van der Waals surface area contributed by atoms with Crippen molar-refractivity contribution in [3.05, 3.63) is 437 Å². The molecule has 0 saturated heterocycles. The van der Waals surface area contributed by atoms with Gasteiger partial charge >= 0.3 is 696 Å². The maximum atomic E-state index is 2.79. The molecule has 0 radical (unpaired) electrons. The third-order valence-electron chi connectivity index (χ3n) is 23.5. The fourth-order valence-electron chi connectivity index (χ4n) is 18.6. The van der Waals surface area contributed by atoms with Crippen LogP contribution in [-0.2, 0) is 0 Å². The van der Waals surface area contributed by atoms with Gasteiger partial charge in [0.1, 0.15) is 0 Å². The van der Waals surface area contributed by atoms with Crippen LogP contribution in [0.15, 0.2) is 437 Å². The molecule has 0 fully saturated rings. The minimum absolute atomic E-state index is 0.214. The van der Waals surface area contributed by atoms with Crippen LogP contribution in [0, 0.1) is 0 Å². The van der Waals surface area contributed by atoms with E-state index >= 15 is 0 Å². The van der Waals surface area contributed by atoms with Crippen LogP contribution in [-0.4, -0.2) is 43.3 Å². The fourth-order valence-corrected chi connectivity index (χ4v) is 24.6. The van der Waals surface area contributed by atoms with Crippen molar-refractivity contribution in [3.63, 3.8) is 0 Å². The Morgan fingerprint density at radius 3 is 0.759 bits per heavy atom. The van der Waals surface area contributed by atoms with Crippen molar-refractivity contribution in [2.75, 3.05) is 19.6 Å². The molecule has 4 heterocycles. The average molecular weight is 1610 g/mol. The molecule has 0 amide bonds. The van der Waals surface area contributed by atoms with Crippen molar-refractivity contribution >= 4 is 162 Å². The molecule has 4 nitrogen and oxygen atoms in total. The Bertz CT molecular complexity index is 6170. The van der Waals surface area contributed by atoms with Crippen LogP contribution in [0.4, 0.5) is 68.2 Å². The van der Waals surface area contributed by atoms with Crippen molar-refractivity contribution in [1.82, 2.24) is 0 Å². The van der Waals surface area contributed by atoms with Crippen LogP contribution in [0.3, 0.4) is 0 Å². The van der Waals surface area contributed by atoms with E-state index in [1.54, 1.807) is 0 Å². The first-order chi connectivity index (χ1) is 57.6. The molecule has 4 aliphatic heterocycles. The Balaban J connectivity index is 0.890. The van der Waals surface area contributed by atoms with E-state index in [1.807, 2.05) is 0 Å². The second-order valence-corrected chi connectivity index (χ2v) is 34.5. The van der Waals surface area contributed by atoms with E-state index in [0.717, 1.165) is 101 Å². The van der Waals surface area contributed by atoms with Crippen molar-refractivity contribution in [2.24, 2.45) is 0 Å². The molecule has 18 aromatic rings. The summed E-state index contributed by atoms with van der Waals surface area (Å²) in [6, 6.07) is 164. The molecule has 0 aromatic heterocycles. The summed E-state index contributed by atoms with van der Waals surface area (Å²) in [4.78, 5) is 10.4. The van der Waals surface area contributed by atoms with Crippen LogP contribution in [0.2, 0.25) is 0 Å². The summed E-state index contributed by atoms with van der Waals surface area (Å²) in [5.74, 6) is 0. The molecule has 0 spiro atoms. The molecular formula is C108H72B2N4Se2. The van der Waals surface area contributed by atoms with Crippen molar-refractivity contribution < 1.29 is 0 Å². The second-order valence-electron chi connectivity index (χ2n) is 30.0. The summed E-state index contributed by atoms with van der Waals surface area (Å²) in [7, 11) is 0. The van der Waals surface area contributed by atoms with E-state index < -0.39 is 0 Å². The van der Waals surface area contributed by atoms with Gasteiger partial charge in [-0.25, -0.2) is 0 Å². The number of hydrogen-bond donors (Lipinski definition) is 0. The molecule has 22 rings (SSSR count). The van der Waals surface area contributed by atoms with Gasteiger partial charge in [0.25, 0.3) is 0 Å². The van der Waals surface area contributed by atoms with Gasteiger partial charge in [0.2, 0.25) is 0 Å². The molecule has 18 aromatic carbocycles. The number of para-hydroxylation sites is 8. The third-order valence-corrected chi connectivity index (χ3v) is 28.5. The summed E-state index contributed by atoms with van der Waals surface area (Å²) in [5, 5.41) is 0. The summed E-state index contributed by atoms with van der Waals surface area (Å²) >= 11 is -0.688. The van der Waals surface area contributed by atoms with Crippen molar-refractivity contribution in [2.45, 2.75) is 0 Å². The van der Waals surface area contributed by atoms with Gasteiger partial charge in [-0.3, -0.25) is 0 Å². The molecule has 0 atom stereocenters. The zero-order valence-corrected chi connectivity index (χ0v) is 66.8. The molecule has 8 heteroatoms. The van der Waals surface area contributed by atoms with Gasteiger partial charge in [0.15, 0.2) is 0 Å². The molecule has 0 saturated carbocycles. The van der Waals surface area contributed by atoms with Crippen molar-refractivity contribution in [3.8, 4) is 77.9 Å². The van der Waals surface area contributed by atoms with Gasteiger partial charge in [-0.1, -0.05) is 0 Å². The first-order valence-electron chi connectivity index (χ1n) is 39.9. The van der Waals surface area contributed by atoms with Gasteiger partial charge in [0.05, 0.1) is 0 Å². The number of benzene rings is 18. The van der Waals surface area contributed by atoms with Crippen molar-refractivity contribution in [1.29, 1.82) is 0 Å². The zero-order chi connectivity index (χ0) is 76.6. The topological polar surface area (TPSA) is 13.0 Å². The van der Waals surface area contributed by atoms with Crippen LogP contribution in [0.1, 0.15) is 0 Å². The Hall–Kier alpha value is -13.7. The average Bonchev–Trinajstić information content (AvgIpc) is 0.683. The van der Waals surface area contributed by atoms with Crippen LogP contribution >= 0.6 is 0 Å². The second kappa shape index (κ2) is 29.4. The number of hydrogen-bond acceptors (Lipinski definition) is 4. The molecule has 0 bridgehead atoms. The maximum absolute atomic E-state index is 2.79. The monoisotopic (exact) mass is 1610 g/mol. The molecule has 0 unspecified atom stereocenters. The summed E-state index contributed by atoms with van der Waals surface area (Å²) in [6.45, 7) is -0.428. The Labute approximate surface area is 691 Å². The van der Waals surface area contributed by atoms with E-state index in [-0.39, 0.29) is 43.3 Å². The van der Waals surface area contributed by atoms with Gasteiger partial charge in [0, 0.05) is 0 Å². The zero-order valence-electron chi connectivity index (χ0n) is 63.3. The van der Waals surface area contributed by atoms with E-state index in [9.17, 15) is 0 Å². The number of fused-ring (bicyclic) bond motifs is 8.